The second kappa shape index (κ2) is 6.95. The van der Waals surface area contributed by atoms with E-state index in [0.29, 0.717) is 24.4 Å². The molecule has 0 unspecified atom stereocenters. The highest BCUT2D eigenvalue weighted by molar-refractivity contribution is 7.80. The molecule has 0 heterocycles. The number of nitrogens with two attached hydrogens (primary N) is 1. The Morgan fingerprint density at radius 1 is 1.25 bits per heavy atom. The lowest BCUT2D eigenvalue weighted by molar-refractivity contribution is -0.120. The summed E-state index contributed by atoms with van der Waals surface area (Å²) in [6, 6.07) is 10.0. The zero-order chi connectivity index (χ0) is 11.8. The number of hydrogen-bond donors (Lipinski definition) is 2. The molecule has 3 N–H and O–H groups in total. The number of hydrogen-bond acceptors (Lipinski definition) is 2. The van der Waals surface area contributed by atoms with E-state index >= 15 is 0 Å². The van der Waals surface area contributed by atoms with E-state index in [1.807, 2.05) is 30.3 Å². The van der Waals surface area contributed by atoms with Crippen molar-refractivity contribution in [2.45, 2.75) is 19.3 Å². The number of nitrogens with one attached hydrogen (secondary N) is 1. The molecule has 0 aromatic heterocycles. The Morgan fingerprint density at radius 3 is 2.56 bits per heavy atom. The van der Waals surface area contributed by atoms with Gasteiger partial charge in [-0.05, 0) is 12.0 Å². The highest BCUT2D eigenvalue weighted by Gasteiger charge is 2.01. The predicted molar refractivity (Wildman–Crippen MR) is 69.2 cm³/mol. The van der Waals surface area contributed by atoms with Crippen molar-refractivity contribution in [1.82, 2.24) is 5.32 Å². The molecule has 0 spiro atoms. The predicted octanol–water partition coefficient (Wildman–Crippen LogP) is 1.41. The van der Waals surface area contributed by atoms with Crippen LogP contribution in [0.2, 0.25) is 0 Å². The van der Waals surface area contributed by atoms with E-state index in [1.165, 1.54) is 5.56 Å². The monoisotopic (exact) mass is 236 g/mol. The Kier molecular flexibility index (Phi) is 5.50. The fourth-order valence-electron chi connectivity index (χ4n) is 1.32. The number of carbonyl (C=O) groups is 1. The lowest BCUT2D eigenvalue weighted by Gasteiger charge is -2.04. The van der Waals surface area contributed by atoms with E-state index < -0.39 is 0 Å². The molecule has 86 valence electrons. The third-order valence-electron chi connectivity index (χ3n) is 2.18. The Hall–Kier alpha value is -1.42. The molecule has 0 bridgehead atoms. The minimum absolute atomic E-state index is 0.00345. The fourth-order valence-corrected chi connectivity index (χ4v) is 1.42. The first-order valence-corrected chi connectivity index (χ1v) is 5.68. The average molecular weight is 236 g/mol. The molecule has 1 rings (SSSR count). The van der Waals surface area contributed by atoms with Gasteiger partial charge in [-0.3, -0.25) is 4.79 Å². The van der Waals surface area contributed by atoms with Crippen LogP contribution in [0.15, 0.2) is 30.3 Å². The van der Waals surface area contributed by atoms with Gasteiger partial charge in [0.2, 0.25) is 5.91 Å². The van der Waals surface area contributed by atoms with Crippen molar-refractivity contribution in [2.75, 3.05) is 6.54 Å². The quantitative estimate of drug-likeness (QED) is 0.734. The number of benzene rings is 1. The van der Waals surface area contributed by atoms with Gasteiger partial charge in [0.15, 0.2) is 0 Å². The summed E-state index contributed by atoms with van der Waals surface area (Å²) in [5, 5.41) is 2.83. The highest BCUT2D eigenvalue weighted by atomic mass is 32.1. The molecule has 4 heteroatoms. The average Bonchev–Trinajstić information content (AvgIpc) is 2.28. The van der Waals surface area contributed by atoms with Crippen molar-refractivity contribution in [3.05, 3.63) is 35.9 Å². The van der Waals surface area contributed by atoms with E-state index in [0.717, 1.165) is 6.42 Å². The van der Waals surface area contributed by atoms with Crippen molar-refractivity contribution >= 4 is 23.1 Å². The molecule has 3 nitrogen and oxygen atoms in total. The molecular formula is C12H16N2OS. The Balaban J connectivity index is 2.16. The van der Waals surface area contributed by atoms with Crippen molar-refractivity contribution in [2.24, 2.45) is 5.73 Å². The summed E-state index contributed by atoms with van der Waals surface area (Å²) >= 11 is 4.70. The second-order valence-corrected chi connectivity index (χ2v) is 4.08. The molecule has 16 heavy (non-hydrogen) atoms. The van der Waals surface area contributed by atoms with Crippen molar-refractivity contribution in [1.29, 1.82) is 0 Å². The molecular weight excluding hydrogens is 220 g/mol. The van der Waals surface area contributed by atoms with Crippen LogP contribution >= 0.6 is 12.2 Å². The molecule has 0 aliphatic carbocycles. The Labute approximate surface area is 101 Å². The van der Waals surface area contributed by atoms with Crippen molar-refractivity contribution in [3.63, 3.8) is 0 Å². The van der Waals surface area contributed by atoms with Crippen LogP contribution in [0.5, 0.6) is 0 Å². The summed E-state index contributed by atoms with van der Waals surface area (Å²) in [5.74, 6) is 0.00345. The van der Waals surface area contributed by atoms with Crippen LogP contribution in [0.4, 0.5) is 0 Å². The van der Waals surface area contributed by atoms with E-state index in [2.05, 4.69) is 5.32 Å². The normalized spacial score (nSPS) is 9.75. The summed E-state index contributed by atoms with van der Waals surface area (Å²) < 4.78 is 0. The molecule has 0 aliphatic rings. The minimum atomic E-state index is 0.00345. The second-order valence-electron chi connectivity index (χ2n) is 3.55. The topological polar surface area (TPSA) is 55.1 Å². The van der Waals surface area contributed by atoms with Crippen LogP contribution in [-0.4, -0.2) is 17.4 Å². The van der Waals surface area contributed by atoms with Gasteiger partial charge in [-0.25, -0.2) is 0 Å². The van der Waals surface area contributed by atoms with Crippen molar-refractivity contribution < 1.29 is 4.79 Å². The first kappa shape index (κ1) is 12.6. The molecule has 1 aromatic rings. The number of carbonyl (C=O) groups excluding carboxylic acids is 1. The SMILES string of the molecule is NC(=S)CCC(=O)NCCc1ccccc1. The van der Waals surface area contributed by atoms with Crippen molar-refractivity contribution in [3.8, 4) is 0 Å². The number of amides is 1. The van der Waals surface area contributed by atoms with E-state index in [-0.39, 0.29) is 5.91 Å². The fraction of sp³-hybridized carbons (Fsp3) is 0.333. The maximum Gasteiger partial charge on any atom is 0.220 e. The van der Waals surface area contributed by atoms with E-state index in [1.54, 1.807) is 0 Å². The molecule has 0 fully saturated rings. The van der Waals surface area contributed by atoms with Gasteiger partial charge < -0.3 is 11.1 Å². The summed E-state index contributed by atoms with van der Waals surface area (Å²) in [5.41, 5.74) is 6.53. The third-order valence-corrected chi connectivity index (χ3v) is 2.38. The molecule has 1 amide bonds. The van der Waals surface area contributed by atoms with Crippen LogP contribution in [-0.2, 0) is 11.2 Å². The lowest BCUT2D eigenvalue weighted by atomic mass is 10.1. The Bertz CT molecular complexity index is 351. The molecule has 0 saturated heterocycles. The van der Waals surface area contributed by atoms with Gasteiger partial charge in [-0.1, -0.05) is 42.5 Å². The minimum Gasteiger partial charge on any atom is -0.393 e. The smallest absolute Gasteiger partial charge is 0.220 e. The molecule has 0 saturated carbocycles. The zero-order valence-electron chi connectivity index (χ0n) is 9.11. The summed E-state index contributed by atoms with van der Waals surface area (Å²) in [4.78, 5) is 11.7. The van der Waals surface area contributed by atoms with Gasteiger partial charge in [0, 0.05) is 19.4 Å². The maximum atomic E-state index is 11.3. The van der Waals surface area contributed by atoms with Crippen LogP contribution < -0.4 is 11.1 Å². The van der Waals surface area contributed by atoms with Gasteiger partial charge in [0.1, 0.15) is 0 Å². The highest BCUT2D eigenvalue weighted by Crippen LogP contribution is 1.98. The first-order valence-electron chi connectivity index (χ1n) is 5.27. The van der Waals surface area contributed by atoms with Gasteiger partial charge in [-0.15, -0.1) is 0 Å². The van der Waals surface area contributed by atoms with E-state index in [4.69, 9.17) is 18.0 Å². The number of rotatable bonds is 6. The molecule has 0 aliphatic heterocycles. The lowest BCUT2D eigenvalue weighted by Crippen LogP contribution is -2.26. The molecule has 1 aromatic carbocycles. The van der Waals surface area contributed by atoms with Crippen LogP contribution in [0.1, 0.15) is 18.4 Å². The Morgan fingerprint density at radius 2 is 1.94 bits per heavy atom. The maximum absolute atomic E-state index is 11.3. The number of thiocarbonyl (C=S) groups is 1. The van der Waals surface area contributed by atoms with Gasteiger partial charge in [0.05, 0.1) is 4.99 Å². The van der Waals surface area contributed by atoms with Gasteiger partial charge in [0.25, 0.3) is 0 Å². The van der Waals surface area contributed by atoms with Crippen LogP contribution in [0, 0.1) is 0 Å². The third kappa shape index (κ3) is 5.46. The standard InChI is InChI=1S/C12H16N2OS/c13-11(16)6-7-12(15)14-9-8-10-4-2-1-3-5-10/h1-5H,6-9H2,(H2,13,16)(H,14,15). The first-order chi connectivity index (χ1) is 7.68. The summed E-state index contributed by atoms with van der Waals surface area (Å²) in [7, 11) is 0. The van der Waals surface area contributed by atoms with Crippen LogP contribution in [0.3, 0.4) is 0 Å². The zero-order valence-corrected chi connectivity index (χ0v) is 9.93. The molecule has 0 radical (unpaired) electrons. The van der Waals surface area contributed by atoms with Gasteiger partial charge >= 0.3 is 0 Å². The van der Waals surface area contributed by atoms with Gasteiger partial charge in [-0.2, -0.15) is 0 Å². The summed E-state index contributed by atoms with van der Waals surface area (Å²) in [6.07, 6.45) is 1.70. The van der Waals surface area contributed by atoms with Crippen LogP contribution in [0.25, 0.3) is 0 Å². The summed E-state index contributed by atoms with van der Waals surface area (Å²) in [6.45, 7) is 0.653. The largest absolute Gasteiger partial charge is 0.393 e. The van der Waals surface area contributed by atoms with E-state index in [9.17, 15) is 4.79 Å². The molecule has 0 atom stereocenters.